The molecule has 0 radical (unpaired) electrons. The van der Waals surface area contributed by atoms with Crippen LogP contribution in [0.4, 0.5) is 4.79 Å². The number of amides is 1. The van der Waals surface area contributed by atoms with Gasteiger partial charge in [0, 0.05) is 51.8 Å². The molecule has 70 heavy (non-hydrogen) atoms. The van der Waals surface area contributed by atoms with Gasteiger partial charge in [0.2, 0.25) is 0 Å². The maximum atomic E-state index is 14.3. The van der Waals surface area contributed by atoms with E-state index in [0.717, 1.165) is 22.7 Å². The Morgan fingerprint density at radius 3 is 1.90 bits per heavy atom. The molecule has 0 spiro atoms. The smallest absolute Gasteiger partial charge is 0.409 e. The molecule has 2 heterocycles. The standard InChI is InChI=1S/C53H81NO14Si2/c1-32-36-26-41(33(2)37(55)27-46-53(6,7)47(68-70(16,17)52(3,4)5)29-45(66-46)49(62-12)54-51(57)63-22-23-69(13,14)15)67-50(56)48(36)44(65-31-35-19-21-39(59-9)43(25-35)61-11)28-40(32)64-30-34-18-20-38(58-8)42(24-34)60-10/h18-21,24-25,28,33,37,41,45-47,49,55H,22-23,26-27,29-31H2,1-17H3,(H,54,57)/t33-,37+,41-,45+,46-,47-,49+/m1/s1. The van der Waals surface area contributed by atoms with E-state index in [1.54, 1.807) is 40.6 Å². The summed E-state index contributed by atoms with van der Waals surface area (Å²) in [5.74, 6) is 2.01. The largest absolute Gasteiger partial charge is 0.493 e. The van der Waals surface area contributed by atoms with Crippen molar-refractivity contribution in [2.75, 3.05) is 42.2 Å². The van der Waals surface area contributed by atoms with E-state index in [2.05, 4.69) is 72.7 Å². The predicted octanol–water partition coefficient (Wildman–Crippen LogP) is 10.3. The van der Waals surface area contributed by atoms with E-state index in [1.165, 1.54) is 7.11 Å². The fourth-order valence-electron chi connectivity index (χ4n) is 8.57. The summed E-state index contributed by atoms with van der Waals surface area (Å²) in [6.07, 6.45) is -3.69. The van der Waals surface area contributed by atoms with Crippen molar-refractivity contribution < 1.29 is 66.5 Å². The number of rotatable bonds is 22. The summed E-state index contributed by atoms with van der Waals surface area (Å²) < 4.78 is 66.7. The number of ether oxygens (including phenoxy) is 10. The fraction of sp³-hybridized carbons (Fsp3) is 0.623. The van der Waals surface area contributed by atoms with E-state index in [9.17, 15) is 14.7 Å². The summed E-state index contributed by atoms with van der Waals surface area (Å²) in [7, 11) is 4.07. The van der Waals surface area contributed by atoms with Crippen molar-refractivity contribution in [1.82, 2.24) is 5.32 Å². The normalized spacial score (nSPS) is 20.5. The monoisotopic (exact) mass is 1010 g/mol. The van der Waals surface area contributed by atoms with Crippen LogP contribution in [-0.4, -0.2) is 112 Å². The Labute approximate surface area is 418 Å². The van der Waals surface area contributed by atoms with Crippen LogP contribution >= 0.6 is 0 Å². The topological polar surface area (TPSA) is 168 Å². The highest BCUT2D eigenvalue weighted by molar-refractivity contribution is 6.76. The van der Waals surface area contributed by atoms with Crippen molar-refractivity contribution in [3.8, 4) is 34.5 Å². The van der Waals surface area contributed by atoms with Gasteiger partial charge in [0.05, 0.1) is 53.4 Å². The van der Waals surface area contributed by atoms with Crippen molar-refractivity contribution in [3.63, 3.8) is 0 Å². The highest BCUT2D eigenvalue weighted by Gasteiger charge is 2.52. The molecular weight excluding hydrogens is 931 g/mol. The summed E-state index contributed by atoms with van der Waals surface area (Å²) in [6, 6.07) is 13.6. The van der Waals surface area contributed by atoms with E-state index in [-0.39, 0.29) is 37.2 Å². The minimum absolute atomic E-state index is 0.0823. The Kier molecular flexibility index (Phi) is 18.8. The molecule has 1 amide bonds. The highest BCUT2D eigenvalue weighted by atomic mass is 28.4. The van der Waals surface area contributed by atoms with E-state index >= 15 is 0 Å². The number of aliphatic hydroxyl groups is 1. The molecule has 390 valence electrons. The molecule has 0 saturated carbocycles. The summed E-state index contributed by atoms with van der Waals surface area (Å²) in [5.41, 5.74) is 2.80. The zero-order valence-electron chi connectivity index (χ0n) is 44.8. The first-order chi connectivity index (χ1) is 32.8. The average molecular weight is 1010 g/mol. The van der Waals surface area contributed by atoms with Gasteiger partial charge in [0.25, 0.3) is 0 Å². The van der Waals surface area contributed by atoms with Crippen LogP contribution < -0.4 is 33.7 Å². The van der Waals surface area contributed by atoms with Gasteiger partial charge in [-0.05, 0) is 77.6 Å². The Bertz CT molecular complexity index is 2260. The van der Waals surface area contributed by atoms with Gasteiger partial charge >= 0.3 is 12.1 Å². The lowest BCUT2D eigenvalue weighted by molar-refractivity contribution is -0.211. The molecule has 7 atom stereocenters. The highest BCUT2D eigenvalue weighted by Crippen LogP contribution is 2.47. The molecule has 1 saturated heterocycles. The van der Waals surface area contributed by atoms with Crippen LogP contribution in [0, 0.1) is 18.3 Å². The maximum Gasteiger partial charge on any atom is 0.409 e. The number of carbonyl (C=O) groups is 2. The second-order valence-corrected chi connectivity index (χ2v) is 32.3. The van der Waals surface area contributed by atoms with Crippen LogP contribution in [-0.2, 0) is 43.0 Å². The summed E-state index contributed by atoms with van der Waals surface area (Å²) in [6.45, 7) is 26.4. The summed E-state index contributed by atoms with van der Waals surface area (Å²) in [4.78, 5) is 27.5. The molecule has 0 bridgehead atoms. The van der Waals surface area contributed by atoms with E-state index in [0.29, 0.717) is 58.7 Å². The molecule has 2 aliphatic heterocycles. The Morgan fingerprint density at radius 2 is 1.39 bits per heavy atom. The van der Waals surface area contributed by atoms with E-state index < -0.39 is 70.4 Å². The van der Waals surface area contributed by atoms with Gasteiger partial charge in [-0.25, -0.2) is 9.59 Å². The summed E-state index contributed by atoms with van der Waals surface area (Å²) in [5, 5.41) is 15.1. The number of aliphatic hydroxyl groups excluding tert-OH is 1. The minimum atomic E-state index is -2.33. The predicted molar refractivity (Wildman–Crippen MR) is 274 cm³/mol. The third-order valence-corrected chi connectivity index (χ3v) is 20.6. The number of methoxy groups -OCH3 is 5. The number of nitrogens with one attached hydrogen (secondary N) is 1. The number of carbonyl (C=O) groups excluding carboxylic acids is 2. The molecule has 2 N–H and O–H groups in total. The van der Waals surface area contributed by atoms with Gasteiger partial charge < -0.3 is 56.9 Å². The molecule has 0 aromatic heterocycles. The molecule has 5 rings (SSSR count). The van der Waals surface area contributed by atoms with Crippen LogP contribution in [0.5, 0.6) is 34.5 Å². The zero-order valence-corrected chi connectivity index (χ0v) is 46.8. The van der Waals surface area contributed by atoms with Crippen molar-refractivity contribution in [2.45, 2.75) is 162 Å². The van der Waals surface area contributed by atoms with Crippen LogP contribution in [0.25, 0.3) is 0 Å². The van der Waals surface area contributed by atoms with Crippen LogP contribution in [0.1, 0.15) is 87.0 Å². The van der Waals surface area contributed by atoms with Crippen LogP contribution in [0.15, 0.2) is 42.5 Å². The minimum Gasteiger partial charge on any atom is -0.493 e. The maximum absolute atomic E-state index is 14.3. The van der Waals surface area contributed by atoms with Crippen molar-refractivity contribution >= 4 is 28.5 Å². The molecular formula is C53H81NO14Si2. The first kappa shape index (κ1) is 56.4. The van der Waals surface area contributed by atoms with Gasteiger partial charge in [0.1, 0.15) is 42.5 Å². The quantitative estimate of drug-likeness (QED) is 0.0554. The number of alkyl carbamates (subject to hydrolysis) is 1. The third-order valence-electron chi connectivity index (χ3n) is 14.5. The molecule has 15 nitrogen and oxygen atoms in total. The second-order valence-electron chi connectivity index (χ2n) is 22.0. The number of benzene rings is 3. The van der Waals surface area contributed by atoms with Crippen LogP contribution in [0.2, 0.25) is 43.8 Å². The fourth-order valence-corrected chi connectivity index (χ4v) is 10.7. The molecule has 0 unspecified atom stereocenters. The van der Waals surface area contributed by atoms with Crippen molar-refractivity contribution in [1.29, 1.82) is 0 Å². The van der Waals surface area contributed by atoms with Gasteiger partial charge in [0.15, 0.2) is 37.5 Å². The SMILES string of the molecule is COc1ccc(COc2cc(OCc3ccc(OC)c(OC)c3)c3c(c2C)C[C@H]([C@H](C)[C@@H](O)C[C@H]2O[C@H]([C@@H](NC(=O)OCC[Si](C)(C)C)OC)C[C@@H](O[Si](C)(C)C(C)(C)C)C2(C)C)OC3=O)cc1OC. The molecule has 3 aromatic rings. The van der Waals surface area contributed by atoms with E-state index in [1.807, 2.05) is 44.2 Å². The summed E-state index contributed by atoms with van der Waals surface area (Å²) >= 11 is 0. The van der Waals surface area contributed by atoms with Crippen molar-refractivity contribution in [3.05, 3.63) is 70.3 Å². The number of esters is 1. The van der Waals surface area contributed by atoms with Gasteiger partial charge in [-0.1, -0.05) is 73.3 Å². The lowest BCUT2D eigenvalue weighted by Gasteiger charge is -2.53. The zero-order chi connectivity index (χ0) is 51.9. The molecule has 3 aromatic carbocycles. The second kappa shape index (κ2) is 23.3. The van der Waals surface area contributed by atoms with Gasteiger partial charge in [-0.3, -0.25) is 5.32 Å². The Morgan fingerprint density at radius 1 is 0.829 bits per heavy atom. The lowest BCUT2D eigenvalue weighted by Crippen LogP contribution is -2.61. The van der Waals surface area contributed by atoms with Gasteiger partial charge in [-0.2, -0.15) is 0 Å². The molecule has 1 fully saturated rings. The Balaban J connectivity index is 1.43. The third kappa shape index (κ3) is 13.7. The first-order valence-electron chi connectivity index (χ1n) is 24.3. The lowest BCUT2D eigenvalue weighted by atomic mass is 9.73. The van der Waals surface area contributed by atoms with Crippen LogP contribution in [0.3, 0.4) is 0 Å². The number of fused-ring (bicyclic) bond motifs is 1. The molecule has 2 aliphatic rings. The van der Waals surface area contributed by atoms with Gasteiger partial charge in [-0.15, -0.1) is 0 Å². The van der Waals surface area contributed by atoms with Crippen molar-refractivity contribution in [2.24, 2.45) is 11.3 Å². The number of hydrogen-bond donors (Lipinski definition) is 2. The average Bonchev–Trinajstić information content (AvgIpc) is 3.29. The molecule has 0 aliphatic carbocycles. The van der Waals surface area contributed by atoms with E-state index in [4.69, 9.17) is 51.8 Å². The molecule has 17 heteroatoms. The number of cyclic esters (lactones) is 1. The Hall–Kier alpha value is -4.53. The number of hydrogen-bond acceptors (Lipinski definition) is 14. The first-order valence-corrected chi connectivity index (χ1v) is 30.9.